The van der Waals surface area contributed by atoms with E-state index in [4.69, 9.17) is 4.74 Å². The summed E-state index contributed by atoms with van der Waals surface area (Å²) < 4.78 is 5.86. The molecule has 0 unspecified atom stereocenters. The molecule has 1 aromatic carbocycles. The number of pyridine rings is 1. The first kappa shape index (κ1) is 16.3. The van der Waals surface area contributed by atoms with Crippen LogP contribution in [0.25, 0.3) is 10.9 Å². The molecule has 0 bridgehead atoms. The van der Waals surface area contributed by atoms with Crippen molar-refractivity contribution < 1.29 is 9.84 Å². The van der Waals surface area contributed by atoms with Gasteiger partial charge < -0.3 is 14.7 Å². The Morgan fingerprint density at radius 3 is 2.80 bits per heavy atom. The standard InChI is InChI=1S/C20H23N3O2/c1-2-25-18-11-17(24)20(18)7-9-23(10-8-20)19-14(12-21)13-22-16-6-4-3-5-15(16)19/h3-6,13,17-18,24H,2,7-11H2,1H3/t17-,18-/m1/s1. The first-order valence-electron chi connectivity index (χ1n) is 9.02. The normalized spacial score (nSPS) is 24.9. The van der Waals surface area contributed by atoms with Gasteiger partial charge in [-0.15, -0.1) is 0 Å². The van der Waals surface area contributed by atoms with Crippen molar-refractivity contribution >= 4 is 16.6 Å². The minimum atomic E-state index is -0.268. The highest BCUT2D eigenvalue weighted by Crippen LogP contribution is 2.51. The molecule has 2 aliphatic rings. The third-order valence-electron chi connectivity index (χ3n) is 5.99. The maximum absolute atomic E-state index is 10.4. The Morgan fingerprint density at radius 1 is 1.36 bits per heavy atom. The van der Waals surface area contributed by atoms with Crippen LogP contribution >= 0.6 is 0 Å². The molecule has 4 rings (SSSR count). The first-order valence-corrected chi connectivity index (χ1v) is 9.02. The van der Waals surface area contributed by atoms with Crippen LogP contribution in [-0.2, 0) is 4.74 Å². The zero-order valence-electron chi connectivity index (χ0n) is 14.5. The molecule has 0 radical (unpaired) electrons. The number of ether oxygens (including phenoxy) is 1. The Morgan fingerprint density at radius 2 is 2.12 bits per heavy atom. The lowest BCUT2D eigenvalue weighted by molar-refractivity contribution is -0.199. The number of piperidine rings is 1. The van der Waals surface area contributed by atoms with Gasteiger partial charge in [0, 0.05) is 43.1 Å². The van der Waals surface area contributed by atoms with Gasteiger partial charge in [0.1, 0.15) is 6.07 Å². The molecule has 1 N–H and O–H groups in total. The number of fused-ring (bicyclic) bond motifs is 1. The summed E-state index contributed by atoms with van der Waals surface area (Å²) in [6.07, 6.45) is 4.09. The Balaban J connectivity index is 1.63. The van der Waals surface area contributed by atoms with Gasteiger partial charge in [-0.3, -0.25) is 4.98 Å². The Hall–Kier alpha value is -2.16. The van der Waals surface area contributed by atoms with Crippen molar-refractivity contribution in [2.45, 2.75) is 38.4 Å². The highest BCUT2D eigenvalue weighted by molar-refractivity contribution is 5.94. The number of nitriles is 1. The number of anilines is 1. The molecule has 1 spiro atoms. The molecule has 5 heteroatoms. The van der Waals surface area contributed by atoms with Crippen LogP contribution < -0.4 is 4.90 Å². The largest absolute Gasteiger partial charge is 0.392 e. The number of aromatic nitrogens is 1. The van der Waals surface area contributed by atoms with Gasteiger partial charge in [0.15, 0.2) is 0 Å². The van der Waals surface area contributed by atoms with Gasteiger partial charge in [-0.2, -0.15) is 5.26 Å². The van der Waals surface area contributed by atoms with E-state index in [1.54, 1.807) is 6.20 Å². The van der Waals surface area contributed by atoms with E-state index in [1.165, 1.54) is 0 Å². The number of hydrogen-bond acceptors (Lipinski definition) is 5. The summed E-state index contributed by atoms with van der Waals surface area (Å²) in [5.41, 5.74) is 2.39. The fourth-order valence-corrected chi connectivity index (χ4v) is 4.51. The van der Waals surface area contributed by atoms with E-state index >= 15 is 0 Å². The molecule has 0 amide bonds. The molecule has 5 nitrogen and oxygen atoms in total. The highest BCUT2D eigenvalue weighted by atomic mass is 16.5. The van der Waals surface area contributed by atoms with Crippen molar-refractivity contribution in [3.8, 4) is 6.07 Å². The summed E-state index contributed by atoms with van der Waals surface area (Å²) in [7, 11) is 0. The molecule has 130 valence electrons. The summed E-state index contributed by atoms with van der Waals surface area (Å²) in [4.78, 5) is 6.68. The van der Waals surface area contributed by atoms with Gasteiger partial charge in [-0.05, 0) is 25.8 Å². The molecular weight excluding hydrogens is 314 g/mol. The summed E-state index contributed by atoms with van der Waals surface area (Å²) in [6, 6.07) is 10.3. The lowest BCUT2D eigenvalue weighted by atomic mass is 9.58. The van der Waals surface area contributed by atoms with Crippen molar-refractivity contribution in [2.24, 2.45) is 5.41 Å². The maximum atomic E-state index is 10.4. The van der Waals surface area contributed by atoms with E-state index in [-0.39, 0.29) is 17.6 Å². The Bertz CT molecular complexity index is 819. The average molecular weight is 337 g/mol. The lowest BCUT2D eigenvalue weighted by Gasteiger charge is -2.57. The lowest BCUT2D eigenvalue weighted by Crippen LogP contribution is -2.62. The SMILES string of the molecule is CCO[C@@H]1C[C@@H](O)C12CCN(c1c(C#N)cnc3ccccc13)CC2. The van der Waals surface area contributed by atoms with Crippen molar-refractivity contribution in [1.29, 1.82) is 5.26 Å². The predicted octanol–water partition coefficient (Wildman–Crippen LogP) is 2.86. The van der Waals surface area contributed by atoms with Gasteiger partial charge in [0.05, 0.1) is 29.0 Å². The molecule has 2 heterocycles. The summed E-state index contributed by atoms with van der Waals surface area (Å²) >= 11 is 0. The Labute approximate surface area is 147 Å². The molecule has 25 heavy (non-hydrogen) atoms. The van der Waals surface area contributed by atoms with Crippen LogP contribution in [0.2, 0.25) is 0 Å². The smallest absolute Gasteiger partial charge is 0.103 e. The zero-order valence-corrected chi connectivity index (χ0v) is 14.5. The molecule has 2 aromatic rings. The number of benzene rings is 1. The third kappa shape index (κ3) is 2.48. The van der Waals surface area contributed by atoms with Crippen LogP contribution in [0, 0.1) is 16.7 Å². The molecule has 2 atom stereocenters. The van der Waals surface area contributed by atoms with E-state index < -0.39 is 0 Å². The third-order valence-corrected chi connectivity index (χ3v) is 5.99. The first-order chi connectivity index (χ1) is 12.2. The summed E-state index contributed by atoms with van der Waals surface area (Å²) in [6.45, 7) is 4.35. The van der Waals surface area contributed by atoms with E-state index in [0.717, 1.165) is 48.9 Å². The topological polar surface area (TPSA) is 69.4 Å². The van der Waals surface area contributed by atoms with Crippen molar-refractivity contribution in [3.05, 3.63) is 36.0 Å². The van der Waals surface area contributed by atoms with Gasteiger partial charge in [-0.25, -0.2) is 0 Å². The van der Waals surface area contributed by atoms with Crippen LogP contribution in [0.15, 0.2) is 30.5 Å². The number of aliphatic hydroxyl groups is 1. The summed E-state index contributed by atoms with van der Waals surface area (Å²) in [5, 5.41) is 21.0. The minimum Gasteiger partial charge on any atom is -0.392 e. The fourth-order valence-electron chi connectivity index (χ4n) is 4.51. The van der Waals surface area contributed by atoms with Crippen molar-refractivity contribution in [2.75, 3.05) is 24.6 Å². The number of nitrogens with zero attached hydrogens (tertiary/aromatic N) is 3. The van der Waals surface area contributed by atoms with E-state index in [2.05, 4.69) is 16.0 Å². The van der Waals surface area contributed by atoms with Crippen LogP contribution in [0.3, 0.4) is 0 Å². The van der Waals surface area contributed by atoms with Gasteiger partial charge in [-0.1, -0.05) is 18.2 Å². The van der Waals surface area contributed by atoms with Gasteiger partial charge in [0.25, 0.3) is 0 Å². The van der Waals surface area contributed by atoms with E-state index in [1.807, 2.05) is 31.2 Å². The number of rotatable bonds is 3. The predicted molar refractivity (Wildman–Crippen MR) is 96.4 cm³/mol. The minimum absolute atomic E-state index is 0.109. The van der Waals surface area contributed by atoms with Gasteiger partial charge >= 0.3 is 0 Å². The summed E-state index contributed by atoms with van der Waals surface area (Å²) in [5.74, 6) is 0. The monoisotopic (exact) mass is 337 g/mol. The quantitative estimate of drug-likeness (QED) is 0.933. The second-order valence-electron chi connectivity index (χ2n) is 7.07. The number of hydrogen-bond donors (Lipinski definition) is 1. The molecule has 1 saturated carbocycles. The molecule has 2 fully saturated rings. The second kappa shape index (κ2) is 6.29. The maximum Gasteiger partial charge on any atom is 0.103 e. The van der Waals surface area contributed by atoms with E-state index in [9.17, 15) is 10.4 Å². The average Bonchev–Trinajstić information content (AvgIpc) is 2.67. The van der Waals surface area contributed by atoms with Crippen LogP contribution in [0.5, 0.6) is 0 Å². The highest BCUT2D eigenvalue weighted by Gasteiger charge is 2.56. The molecule has 1 aliphatic heterocycles. The molecule has 1 saturated heterocycles. The Kier molecular flexibility index (Phi) is 4.10. The van der Waals surface area contributed by atoms with Crippen LogP contribution in [0.1, 0.15) is 31.7 Å². The molecular formula is C20H23N3O2. The van der Waals surface area contributed by atoms with Crippen molar-refractivity contribution in [3.63, 3.8) is 0 Å². The molecule has 1 aliphatic carbocycles. The fraction of sp³-hybridized carbons (Fsp3) is 0.500. The molecule has 1 aromatic heterocycles. The van der Waals surface area contributed by atoms with E-state index in [0.29, 0.717) is 12.2 Å². The van der Waals surface area contributed by atoms with Crippen molar-refractivity contribution in [1.82, 2.24) is 4.98 Å². The number of para-hydroxylation sites is 1. The van der Waals surface area contributed by atoms with Crippen LogP contribution in [-0.4, -0.2) is 42.0 Å². The zero-order chi connectivity index (χ0) is 17.4. The second-order valence-corrected chi connectivity index (χ2v) is 7.07. The van der Waals surface area contributed by atoms with Crippen LogP contribution in [0.4, 0.5) is 5.69 Å². The van der Waals surface area contributed by atoms with Gasteiger partial charge in [0.2, 0.25) is 0 Å². The number of aliphatic hydroxyl groups excluding tert-OH is 1.